The highest BCUT2D eigenvalue weighted by molar-refractivity contribution is 9.11. The largest absolute Gasteiger partial charge is 0.494 e. The van der Waals surface area contributed by atoms with Crippen LogP contribution in [0.25, 0.3) is 21.5 Å². The molecule has 0 spiro atoms. The van der Waals surface area contributed by atoms with Crippen LogP contribution in [-0.2, 0) is 6.42 Å². The van der Waals surface area contributed by atoms with Crippen molar-refractivity contribution >= 4 is 53.4 Å². The quantitative estimate of drug-likeness (QED) is 0.0627. The summed E-state index contributed by atoms with van der Waals surface area (Å²) in [6.07, 6.45) is 31.5. The van der Waals surface area contributed by atoms with Gasteiger partial charge in [0.05, 0.1) is 6.61 Å². The number of halogens is 2. The Kier molecular flexibility index (Phi) is 19.0. The summed E-state index contributed by atoms with van der Waals surface area (Å²) in [6.45, 7) is 5.38. The number of rotatable bonds is 25. The van der Waals surface area contributed by atoms with Gasteiger partial charge in [-0.15, -0.1) is 0 Å². The van der Waals surface area contributed by atoms with Crippen LogP contribution in [0.15, 0.2) is 45.3 Å². The third-order valence-corrected chi connectivity index (χ3v) is 10.8. The molecule has 3 aromatic rings. The van der Waals surface area contributed by atoms with E-state index in [1.54, 1.807) is 0 Å². The normalized spacial score (nSPS) is 11.6. The molecule has 0 unspecified atom stereocenters. The van der Waals surface area contributed by atoms with Crippen molar-refractivity contribution in [3.8, 4) is 5.75 Å². The third-order valence-electron chi connectivity index (χ3n) is 9.11. The van der Waals surface area contributed by atoms with Crippen molar-refractivity contribution in [1.29, 1.82) is 0 Å². The van der Waals surface area contributed by atoms with Crippen molar-refractivity contribution in [3.63, 3.8) is 0 Å². The van der Waals surface area contributed by atoms with E-state index < -0.39 is 0 Å². The van der Waals surface area contributed by atoms with Crippen molar-refractivity contribution < 1.29 is 4.74 Å². The second-order valence-corrected chi connectivity index (χ2v) is 14.5. The molecule has 3 rings (SSSR count). The summed E-state index contributed by atoms with van der Waals surface area (Å²) in [4.78, 5) is 0. The fraction of sp³-hybridized carbons (Fsp3) is 0.650. The number of hydrogen-bond donors (Lipinski definition) is 0. The number of hydrogen-bond acceptors (Lipinski definition) is 1. The van der Waals surface area contributed by atoms with Crippen LogP contribution in [0, 0.1) is 0 Å². The number of unbranched alkanes of at least 4 members (excludes halogenated alkanes) is 20. The Bertz CT molecular complexity index is 1170. The highest BCUT2D eigenvalue weighted by Gasteiger charge is 2.13. The van der Waals surface area contributed by atoms with Gasteiger partial charge < -0.3 is 4.74 Å². The van der Waals surface area contributed by atoms with Gasteiger partial charge in [0.2, 0.25) is 0 Å². The molecule has 0 fully saturated rings. The van der Waals surface area contributed by atoms with Crippen molar-refractivity contribution in [2.75, 3.05) is 6.61 Å². The van der Waals surface area contributed by atoms with Crippen molar-refractivity contribution in [3.05, 3.63) is 50.9 Å². The Morgan fingerprint density at radius 2 is 0.860 bits per heavy atom. The van der Waals surface area contributed by atoms with Crippen molar-refractivity contribution in [2.45, 2.75) is 162 Å². The predicted octanol–water partition coefficient (Wildman–Crippen LogP) is 15.1. The molecule has 0 saturated heterocycles. The summed E-state index contributed by atoms with van der Waals surface area (Å²) in [5.41, 5.74) is 1.44. The molecule has 0 heterocycles. The maximum Gasteiger partial charge on any atom is 0.119 e. The van der Waals surface area contributed by atoms with E-state index in [0.717, 1.165) is 25.2 Å². The molecule has 0 bridgehead atoms. The Balaban J connectivity index is 1.32. The minimum absolute atomic E-state index is 0.804. The molecule has 3 aromatic carbocycles. The van der Waals surface area contributed by atoms with E-state index in [-0.39, 0.29) is 0 Å². The van der Waals surface area contributed by atoms with Gasteiger partial charge in [0.15, 0.2) is 0 Å². The molecule has 43 heavy (non-hydrogen) atoms. The summed E-state index contributed by atoms with van der Waals surface area (Å²) < 4.78 is 8.56. The molecule has 0 aliphatic carbocycles. The first kappa shape index (κ1) is 36.4. The minimum atomic E-state index is 0.804. The van der Waals surface area contributed by atoms with Crippen LogP contribution in [0.3, 0.4) is 0 Å². The summed E-state index contributed by atoms with van der Waals surface area (Å²) in [5.74, 6) is 0.972. The number of aryl methyl sites for hydroxylation is 1. The lowest BCUT2D eigenvalue weighted by Crippen LogP contribution is -1.97. The van der Waals surface area contributed by atoms with Gasteiger partial charge in [-0.25, -0.2) is 0 Å². The van der Waals surface area contributed by atoms with Gasteiger partial charge in [-0.3, -0.25) is 0 Å². The number of benzene rings is 3. The average Bonchev–Trinajstić information content (AvgIpc) is 3.03. The van der Waals surface area contributed by atoms with Crippen LogP contribution < -0.4 is 4.74 Å². The lowest BCUT2D eigenvalue weighted by molar-refractivity contribution is 0.304. The zero-order chi connectivity index (χ0) is 30.5. The Morgan fingerprint density at radius 1 is 0.442 bits per heavy atom. The second kappa shape index (κ2) is 22.4. The van der Waals surface area contributed by atoms with Crippen molar-refractivity contribution in [1.82, 2.24) is 0 Å². The molecule has 0 aromatic heterocycles. The summed E-state index contributed by atoms with van der Waals surface area (Å²) in [6, 6.07) is 13.6. The summed E-state index contributed by atoms with van der Waals surface area (Å²) in [7, 11) is 0. The number of ether oxygens (including phenoxy) is 1. The first-order chi connectivity index (χ1) is 21.2. The van der Waals surface area contributed by atoms with E-state index in [2.05, 4.69) is 82.1 Å². The van der Waals surface area contributed by atoms with Crippen LogP contribution in [-0.4, -0.2) is 6.61 Å². The highest BCUT2D eigenvalue weighted by Crippen LogP contribution is 2.41. The van der Waals surface area contributed by atoms with Gasteiger partial charge in [-0.2, -0.15) is 0 Å². The topological polar surface area (TPSA) is 9.23 Å². The zero-order valence-corrected chi connectivity index (χ0v) is 30.8. The summed E-state index contributed by atoms with van der Waals surface area (Å²) >= 11 is 7.89. The van der Waals surface area contributed by atoms with Crippen LogP contribution >= 0.6 is 31.9 Å². The third kappa shape index (κ3) is 13.4. The van der Waals surface area contributed by atoms with Crippen LogP contribution in [0.4, 0.5) is 0 Å². The standard InChI is InChI=1S/C40H60Br2O/c1-3-5-7-9-11-12-13-14-15-16-17-18-19-20-22-24-30-43-34-27-29-36-38(32-34)40(42)35-28-26-33(31-37(35)39(36)41)25-23-21-10-8-6-4-2/h26-29,31-32H,3-25,30H2,1-2H3. The summed E-state index contributed by atoms with van der Waals surface area (Å²) in [5, 5.41) is 5.02. The van der Waals surface area contributed by atoms with E-state index in [9.17, 15) is 0 Å². The van der Waals surface area contributed by atoms with Gasteiger partial charge in [0.1, 0.15) is 5.75 Å². The Morgan fingerprint density at radius 3 is 1.37 bits per heavy atom. The molecule has 0 aliphatic heterocycles. The molecule has 0 radical (unpaired) electrons. The molecule has 0 atom stereocenters. The monoisotopic (exact) mass is 714 g/mol. The van der Waals surface area contributed by atoms with Gasteiger partial charge >= 0.3 is 0 Å². The van der Waals surface area contributed by atoms with Gasteiger partial charge in [0, 0.05) is 14.3 Å². The van der Waals surface area contributed by atoms with Crippen LogP contribution in [0.5, 0.6) is 5.75 Å². The fourth-order valence-corrected chi connectivity index (χ4v) is 7.69. The van der Waals surface area contributed by atoms with E-state index in [1.807, 2.05) is 0 Å². The van der Waals surface area contributed by atoms with Gasteiger partial charge in [-0.05, 0) is 97.1 Å². The first-order valence-electron chi connectivity index (χ1n) is 18.1. The van der Waals surface area contributed by atoms with Gasteiger partial charge in [-0.1, -0.05) is 154 Å². The van der Waals surface area contributed by atoms with E-state index in [4.69, 9.17) is 4.74 Å². The molecule has 3 heteroatoms. The van der Waals surface area contributed by atoms with E-state index in [1.165, 1.54) is 171 Å². The molecule has 0 aliphatic rings. The fourth-order valence-electron chi connectivity index (χ4n) is 6.35. The van der Waals surface area contributed by atoms with Crippen LogP contribution in [0.1, 0.15) is 161 Å². The molecule has 1 nitrogen and oxygen atoms in total. The lowest BCUT2D eigenvalue weighted by atomic mass is 9.99. The maximum atomic E-state index is 6.20. The van der Waals surface area contributed by atoms with Crippen LogP contribution in [0.2, 0.25) is 0 Å². The van der Waals surface area contributed by atoms with Crippen molar-refractivity contribution in [2.24, 2.45) is 0 Å². The smallest absolute Gasteiger partial charge is 0.119 e. The highest BCUT2D eigenvalue weighted by atomic mass is 79.9. The lowest BCUT2D eigenvalue weighted by Gasteiger charge is -2.13. The SMILES string of the molecule is CCCCCCCCCCCCCCCCCCOc1ccc2c(Br)c3cc(CCCCCCCC)ccc3c(Br)c2c1. The molecule has 0 N–H and O–H groups in total. The van der Waals surface area contributed by atoms with E-state index in [0.29, 0.717) is 0 Å². The molecular weight excluding hydrogens is 656 g/mol. The molecule has 240 valence electrons. The minimum Gasteiger partial charge on any atom is -0.494 e. The maximum absolute atomic E-state index is 6.20. The molecular formula is C40H60Br2O. The Labute approximate surface area is 281 Å². The predicted molar refractivity (Wildman–Crippen MR) is 199 cm³/mol. The number of fused-ring (bicyclic) bond motifs is 2. The second-order valence-electron chi connectivity index (χ2n) is 12.9. The van der Waals surface area contributed by atoms with E-state index >= 15 is 0 Å². The first-order valence-corrected chi connectivity index (χ1v) is 19.7. The zero-order valence-electron chi connectivity index (χ0n) is 27.6. The van der Waals surface area contributed by atoms with Gasteiger partial charge in [0.25, 0.3) is 0 Å². The molecule has 0 amide bonds. The average molecular weight is 717 g/mol. The molecule has 0 saturated carbocycles. The Hall–Kier alpha value is -1.06.